The van der Waals surface area contributed by atoms with Crippen LogP contribution in [0.3, 0.4) is 0 Å². The molecule has 0 aliphatic heterocycles. The van der Waals surface area contributed by atoms with E-state index in [9.17, 15) is 8.42 Å². The van der Waals surface area contributed by atoms with Crippen LogP contribution in [0.15, 0.2) is 47.4 Å². The molecule has 0 bridgehead atoms. The molecular weight excluding hydrogens is 326 g/mol. The van der Waals surface area contributed by atoms with E-state index in [-0.39, 0.29) is 10.3 Å². The molecule has 0 saturated carbocycles. The maximum Gasteiger partial charge on any atom is 0.262 e. The van der Waals surface area contributed by atoms with Crippen LogP contribution in [-0.2, 0) is 15.4 Å². The van der Waals surface area contributed by atoms with Gasteiger partial charge in [-0.25, -0.2) is 8.42 Å². The standard InChI is InChI=1S/C18H23NO4S/c1-18(2,3)13-6-9-15(10-7-13)24(20,21)19-16-11-8-14(22-4)12-17(16)23-5/h6-12,19H,1-5H3. The molecule has 0 atom stereocenters. The fourth-order valence-electron chi connectivity index (χ4n) is 2.22. The number of methoxy groups -OCH3 is 2. The number of rotatable bonds is 5. The third kappa shape index (κ3) is 4.00. The average molecular weight is 349 g/mol. The van der Waals surface area contributed by atoms with E-state index in [4.69, 9.17) is 9.47 Å². The van der Waals surface area contributed by atoms with Crippen LogP contribution in [-0.4, -0.2) is 22.6 Å². The summed E-state index contributed by atoms with van der Waals surface area (Å²) in [4.78, 5) is 0.202. The van der Waals surface area contributed by atoms with Crippen molar-refractivity contribution in [3.8, 4) is 11.5 Å². The first-order valence-electron chi connectivity index (χ1n) is 7.53. The van der Waals surface area contributed by atoms with Crippen LogP contribution in [0, 0.1) is 0 Å². The first-order chi connectivity index (χ1) is 11.2. The highest BCUT2D eigenvalue weighted by molar-refractivity contribution is 7.92. The van der Waals surface area contributed by atoms with Crippen LogP contribution >= 0.6 is 0 Å². The molecule has 0 aliphatic rings. The van der Waals surface area contributed by atoms with Gasteiger partial charge in [0.15, 0.2) is 0 Å². The highest BCUT2D eigenvalue weighted by atomic mass is 32.2. The Kier molecular flexibility index (Phi) is 5.08. The summed E-state index contributed by atoms with van der Waals surface area (Å²) >= 11 is 0. The average Bonchev–Trinajstić information content (AvgIpc) is 2.54. The van der Waals surface area contributed by atoms with E-state index in [1.165, 1.54) is 14.2 Å². The number of nitrogens with one attached hydrogen (secondary N) is 1. The molecule has 0 aromatic heterocycles. The summed E-state index contributed by atoms with van der Waals surface area (Å²) in [6.07, 6.45) is 0. The van der Waals surface area contributed by atoms with E-state index in [2.05, 4.69) is 25.5 Å². The summed E-state index contributed by atoms with van der Waals surface area (Å²) in [6, 6.07) is 11.8. The number of ether oxygens (including phenoxy) is 2. The summed E-state index contributed by atoms with van der Waals surface area (Å²) in [5.74, 6) is 0.980. The molecule has 1 N–H and O–H groups in total. The molecule has 0 unspecified atom stereocenters. The van der Waals surface area contributed by atoms with Crippen LogP contribution in [0.2, 0.25) is 0 Å². The number of hydrogen-bond donors (Lipinski definition) is 1. The SMILES string of the molecule is COc1ccc(NS(=O)(=O)c2ccc(C(C)(C)C)cc2)c(OC)c1. The van der Waals surface area contributed by atoms with Crippen LogP contribution in [0.25, 0.3) is 0 Å². The molecule has 0 amide bonds. The summed E-state index contributed by atoms with van der Waals surface area (Å²) in [5, 5.41) is 0. The van der Waals surface area contributed by atoms with Gasteiger partial charge in [-0.15, -0.1) is 0 Å². The zero-order valence-electron chi connectivity index (χ0n) is 14.6. The van der Waals surface area contributed by atoms with Crippen molar-refractivity contribution >= 4 is 15.7 Å². The third-order valence-corrected chi connectivity index (χ3v) is 5.07. The molecule has 2 rings (SSSR count). The Morgan fingerprint density at radius 2 is 1.54 bits per heavy atom. The maximum atomic E-state index is 12.6. The van der Waals surface area contributed by atoms with Crippen LogP contribution < -0.4 is 14.2 Å². The van der Waals surface area contributed by atoms with Crippen molar-refractivity contribution in [2.75, 3.05) is 18.9 Å². The molecule has 24 heavy (non-hydrogen) atoms. The fourth-order valence-corrected chi connectivity index (χ4v) is 3.29. The van der Waals surface area contributed by atoms with Crippen LogP contribution in [0.5, 0.6) is 11.5 Å². The molecule has 0 saturated heterocycles. The lowest BCUT2D eigenvalue weighted by Gasteiger charge is -2.19. The van der Waals surface area contributed by atoms with Crippen molar-refractivity contribution in [1.82, 2.24) is 0 Å². The van der Waals surface area contributed by atoms with Gasteiger partial charge < -0.3 is 9.47 Å². The van der Waals surface area contributed by atoms with E-state index in [1.54, 1.807) is 30.3 Å². The molecule has 0 fully saturated rings. The van der Waals surface area contributed by atoms with Gasteiger partial charge in [0, 0.05) is 6.07 Å². The summed E-state index contributed by atoms with van der Waals surface area (Å²) in [6.45, 7) is 6.24. The van der Waals surface area contributed by atoms with Gasteiger partial charge in [-0.2, -0.15) is 0 Å². The second kappa shape index (κ2) is 6.73. The van der Waals surface area contributed by atoms with Gasteiger partial charge in [0.05, 0.1) is 24.8 Å². The first kappa shape index (κ1) is 18.1. The van der Waals surface area contributed by atoms with Gasteiger partial charge in [-0.3, -0.25) is 4.72 Å². The lowest BCUT2D eigenvalue weighted by atomic mass is 9.87. The topological polar surface area (TPSA) is 64.6 Å². The largest absolute Gasteiger partial charge is 0.497 e. The van der Waals surface area contributed by atoms with E-state index < -0.39 is 10.0 Å². The second-order valence-corrected chi connectivity index (χ2v) is 8.13. The van der Waals surface area contributed by atoms with E-state index in [1.807, 2.05) is 12.1 Å². The zero-order valence-corrected chi connectivity index (χ0v) is 15.4. The lowest BCUT2D eigenvalue weighted by Crippen LogP contribution is -2.15. The Morgan fingerprint density at radius 3 is 2.04 bits per heavy atom. The van der Waals surface area contributed by atoms with E-state index in [0.29, 0.717) is 17.2 Å². The molecule has 130 valence electrons. The zero-order chi connectivity index (χ0) is 18.0. The van der Waals surface area contributed by atoms with Gasteiger partial charge in [-0.1, -0.05) is 32.9 Å². The molecule has 5 nitrogen and oxygen atoms in total. The van der Waals surface area contributed by atoms with Crippen molar-refractivity contribution in [2.24, 2.45) is 0 Å². The molecule has 0 heterocycles. The van der Waals surface area contributed by atoms with Gasteiger partial charge in [0.25, 0.3) is 10.0 Å². The monoisotopic (exact) mass is 349 g/mol. The van der Waals surface area contributed by atoms with Crippen LogP contribution in [0.1, 0.15) is 26.3 Å². The van der Waals surface area contributed by atoms with Crippen molar-refractivity contribution in [3.63, 3.8) is 0 Å². The Labute approximate surface area is 143 Å². The van der Waals surface area contributed by atoms with E-state index in [0.717, 1.165) is 5.56 Å². The highest BCUT2D eigenvalue weighted by Crippen LogP contribution is 2.31. The Balaban J connectivity index is 2.32. The minimum atomic E-state index is -3.70. The van der Waals surface area contributed by atoms with Crippen molar-refractivity contribution in [1.29, 1.82) is 0 Å². The van der Waals surface area contributed by atoms with Crippen molar-refractivity contribution in [3.05, 3.63) is 48.0 Å². The summed E-state index contributed by atoms with van der Waals surface area (Å²) in [7, 11) is -0.685. The van der Waals surface area contributed by atoms with Crippen molar-refractivity contribution in [2.45, 2.75) is 31.1 Å². The summed E-state index contributed by atoms with van der Waals surface area (Å²) in [5.41, 5.74) is 1.40. The Hall–Kier alpha value is -2.21. The van der Waals surface area contributed by atoms with Gasteiger partial charge in [-0.05, 0) is 35.2 Å². The predicted molar refractivity (Wildman–Crippen MR) is 95.5 cm³/mol. The molecule has 2 aromatic rings. The van der Waals surface area contributed by atoms with Gasteiger partial charge in [0.2, 0.25) is 0 Å². The highest BCUT2D eigenvalue weighted by Gasteiger charge is 2.19. The van der Waals surface area contributed by atoms with Gasteiger partial charge in [0.1, 0.15) is 11.5 Å². The molecule has 0 aliphatic carbocycles. The normalized spacial score (nSPS) is 11.9. The molecule has 0 spiro atoms. The smallest absolute Gasteiger partial charge is 0.262 e. The number of hydrogen-bond acceptors (Lipinski definition) is 4. The third-order valence-electron chi connectivity index (χ3n) is 3.68. The quantitative estimate of drug-likeness (QED) is 0.892. The molecule has 2 aromatic carbocycles. The molecule has 0 radical (unpaired) electrons. The van der Waals surface area contributed by atoms with E-state index >= 15 is 0 Å². The fraction of sp³-hybridized carbons (Fsp3) is 0.333. The lowest BCUT2D eigenvalue weighted by molar-refractivity contribution is 0.395. The predicted octanol–water partition coefficient (Wildman–Crippen LogP) is 3.80. The number of anilines is 1. The first-order valence-corrected chi connectivity index (χ1v) is 9.01. The Bertz CT molecular complexity index is 806. The maximum absolute atomic E-state index is 12.6. The van der Waals surface area contributed by atoms with Crippen LogP contribution in [0.4, 0.5) is 5.69 Å². The molecule has 6 heteroatoms. The Morgan fingerprint density at radius 1 is 0.917 bits per heavy atom. The minimum Gasteiger partial charge on any atom is -0.497 e. The summed E-state index contributed by atoms with van der Waals surface area (Å²) < 4.78 is 38.1. The second-order valence-electron chi connectivity index (χ2n) is 6.45. The number of sulfonamides is 1. The number of benzene rings is 2. The molecular formula is C18H23NO4S. The minimum absolute atomic E-state index is 0.0328. The van der Waals surface area contributed by atoms with Crippen molar-refractivity contribution < 1.29 is 17.9 Å². The van der Waals surface area contributed by atoms with Gasteiger partial charge >= 0.3 is 0 Å².